The number of hydrogen-bond donors (Lipinski definition) is 0. The predicted octanol–water partition coefficient (Wildman–Crippen LogP) is 4.00. The Morgan fingerprint density at radius 2 is 2.06 bits per heavy atom. The van der Waals surface area contributed by atoms with Gasteiger partial charge in [0.25, 0.3) is 5.91 Å². The van der Waals surface area contributed by atoms with Crippen LogP contribution in [0.2, 0.25) is 0 Å². The predicted molar refractivity (Wildman–Crippen MR) is 78.9 cm³/mol. The highest BCUT2D eigenvalue weighted by molar-refractivity contribution is 9.10. The van der Waals surface area contributed by atoms with E-state index in [1.807, 2.05) is 30.0 Å². The van der Waals surface area contributed by atoms with Crippen molar-refractivity contribution in [1.82, 2.24) is 4.90 Å². The summed E-state index contributed by atoms with van der Waals surface area (Å²) in [5.41, 5.74) is 1.85. The van der Waals surface area contributed by atoms with Gasteiger partial charge in [0.2, 0.25) is 0 Å². The zero-order valence-electron chi connectivity index (χ0n) is 10.2. The van der Waals surface area contributed by atoms with Gasteiger partial charge in [-0.3, -0.25) is 4.79 Å². The van der Waals surface area contributed by atoms with Gasteiger partial charge >= 0.3 is 0 Å². The van der Waals surface area contributed by atoms with Crippen LogP contribution in [0, 0.1) is 6.92 Å². The Morgan fingerprint density at radius 1 is 1.35 bits per heavy atom. The molecule has 1 rings (SSSR count). The van der Waals surface area contributed by atoms with E-state index in [1.54, 1.807) is 0 Å². The van der Waals surface area contributed by atoms with Crippen molar-refractivity contribution < 1.29 is 4.79 Å². The number of nitrogens with zero attached hydrogens (tertiary/aromatic N) is 1. The third kappa shape index (κ3) is 4.11. The smallest absolute Gasteiger partial charge is 0.255 e. The maximum Gasteiger partial charge on any atom is 0.255 e. The molecule has 0 N–H and O–H groups in total. The summed E-state index contributed by atoms with van der Waals surface area (Å²) in [5, 5.41) is 0.808. The summed E-state index contributed by atoms with van der Waals surface area (Å²) >= 11 is 6.83. The van der Waals surface area contributed by atoms with Gasteiger partial charge in [0.05, 0.1) is 5.56 Å². The van der Waals surface area contributed by atoms with E-state index in [0.29, 0.717) is 0 Å². The molecule has 0 aliphatic heterocycles. The van der Waals surface area contributed by atoms with Crippen molar-refractivity contribution in [2.75, 3.05) is 18.4 Å². The normalized spacial score (nSPS) is 10.4. The second-order valence-electron chi connectivity index (χ2n) is 3.96. The summed E-state index contributed by atoms with van der Waals surface area (Å²) in [4.78, 5) is 14.3. The third-order valence-electron chi connectivity index (χ3n) is 2.49. The van der Waals surface area contributed by atoms with Crippen molar-refractivity contribution in [3.05, 3.63) is 33.8 Å². The van der Waals surface area contributed by atoms with Gasteiger partial charge in [0.15, 0.2) is 0 Å². The van der Waals surface area contributed by atoms with Crippen LogP contribution >= 0.6 is 31.9 Å². The molecule has 0 spiro atoms. The Balaban J connectivity index is 2.95. The standard InChI is InChI=1S/C13H17Br2NO/c1-3-7-16(8-6-14)13(17)11-9-10(2)4-5-12(11)15/h4-5,9H,3,6-8H2,1-2H3. The first kappa shape index (κ1) is 14.7. The molecule has 0 aromatic heterocycles. The Kier molecular flexibility index (Phi) is 6.20. The van der Waals surface area contributed by atoms with Gasteiger partial charge in [-0.25, -0.2) is 0 Å². The van der Waals surface area contributed by atoms with Crippen molar-refractivity contribution in [1.29, 1.82) is 0 Å². The van der Waals surface area contributed by atoms with E-state index in [-0.39, 0.29) is 5.91 Å². The quantitative estimate of drug-likeness (QED) is 0.725. The number of rotatable bonds is 5. The number of benzene rings is 1. The third-order valence-corrected chi connectivity index (χ3v) is 3.53. The SMILES string of the molecule is CCCN(CCBr)C(=O)c1cc(C)ccc1Br. The van der Waals surface area contributed by atoms with Crippen molar-refractivity contribution in [2.24, 2.45) is 0 Å². The van der Waals surface area contributed by atoms with E-state index < -0.39 is 0 Å². The van der Waals surface area contributed by atoms with Gasteiger partial charge in [0.1, 0.15) is 0 Å². The van der Waals surface area contributed by atoms with Crippen LogP contribution in [-0.4, -0.2) is 29.2 Å². The monoisotopic (exact) mass is 361 g/mol. The van der Waals surface area contributed by atoms with Gasteiger partial charge in [-0.2, -0.15) is 0 Å². The zero-order chi connectivity index (χ0) is 12.8. The number of amides is 1. The van der Waals surface area contributed by atoms with E-state index in [0.717, 1.165) is 40.4 Å². The molecule has 0 atom stereocenters. The van der Waals surface area contributed by atoms with Crippen LogP contribution in [0.4, 0.5) is 0 Å². The highest BCUT2D eigenvalue weighted by atomic mass is 79.9. The number of carbonyl (C=O) groups excluding carboxylic acids is 1. The number of hydrogen-bond acceptors (Lipinski definition) is 1. The van der Waals surface area contributed by atoms with E-state index in [1.165, 1.54) is 0 Å². The molecule has 0 saturated heterocycles. The van der Waals surface area contributed by atoms with E-state index >= 15 is 0 Å². The van der Waals surface area contributed by atoms with Crippen molar-refractivity contribution in [3.8, 4) is 0 Å². The van der Waals surface area contributed by atoms with Crippen molar-refractivity contribution >= 4 is 37.8 Å². The minimum absolute atomic E-state index is 0.0990. The molecular weight excluding hydrogens is 346 g/mol. The highest BCUT2D eigenvalue weighted by Gasteiger charge is 2.16. The van der Waals surface area contributed by atoms with Gasteiger partial charge < -0.3 is 4.90 Å². The summed E-state index contributed by atoms with van der Waals surface area (Å²) in [6.07, 6.45) is 0.974. The fourth-order valence-electron chi connectivity index (χ4n) is 1.66. The lowest BCUT2D eigenvalue weighted by molar-refractivity contribution is 0.0765. The van der Waals surface area contributed by atoms with E-state index in [4.69, 9.17) is 0 Å². The topological polar surface area (TPSA) is 20.3 Å². The molecule has 94 valence electrons. The number of carbonyl (C=O) groups is 1. The summed E-state index contributed by atoms with van der Waals surface area (Å²) in [5.74, 6) is 0.0990. The molecule has 0 radical (unpaired) electrons. The van der Waals surface area contributed by atoms with E-state index in [9.17, 15) is 4.79 Å². The van der Waals surface area contributed by atoms with Gasteiger partial charge in [-0.05, 0) is 41.4 Å². The minimum atomic E-state index is 0.0990. The van der Waals surface area contributed by atoms with Crippen LogP contribution in [0.15, 0.2) is 22.7 Å². The first-order valence-corrected chi connectivity index (χ1v) is 7.63. The van der Waals surface area contributed by atoms with Crippen LogP contribution in [0.5, 0.6) is 0 Å². The maximum atomic E-state index is 12.4. The fraction of sp³-hybridized carbons (Fsp3) is 0.462. The van der Waals surface area contributed by atoms with Gasteiger partial charge in [-0.15, -0.1) is 0 Å². The molecule has 0 bridgehead atoms. The van der Waals surface area contributed by atoms with Crippen molar-refractivity contribution in [2.45, 2.75) is 20.3 Å². The lowest BCUT2D eigenvalue weighted by Crippen LogP contribution is -2.33. The zero-order valence-corrected chi connectivity index (χ0v) is 13.3. The molecule has 0 fully saturated rings. The second-order valence-corrected chi connectivity index (χ2v) is 5.61. The average molecular weight is 363 g/mol. The second kappa shape index (κ2) is 7.17. The maximum absolute atomic E-state index is 12.4. The first-order valence-electron chi connectivity index (χ1n) is 5.71. The summed E-state index contributed by atoms with van der Waals surface area (Å²) in [6, 6.07) is 5.86. The van der Waals surface area contributed by atoms with Gasteiger partial charge in [0, 0.05) is 22.9 Å². The first-order chi connectivity index (χ1) is 8.10. The number of halogens is 2. The molecule has 0 unspecified atom stereocenters. The minimum Gasteiger partial charge on any atom is -0.338 e. The largest absolute Gasteiger partial charge is 0.338 e. The van der Waals surface area contributed by atoms with Crippen LogP contribution in [0.1, 0.15) is 29.3 Å². The molecule has 1 aromatic carbocycles. The Labute approximate surface area is 120 Å². The van der Waals surface area contributed by atoms with Crippen LogP contribution in [0.25, 0.3) is 0 Å². The van der Waals surface area contributed by atoms with E-state index in [2.05, 4.69) is 38.8 Å². The Morgan fingerprint density at radius 3 is 2.65 bits per heavy atom. The highest BCUT2D eigenvalue weighted by Crippen LogP contribution is 2.20. The molecule has 1 amide bonds. The van der Waals surface area contributed by atoms with Crippen LogP contribution in [-0.2, 0) is 0 Å². The molecule has 4 heteroatoms. The summed E-state index contributed by atoms with van der Waals surface area (Å²) < 4.78 is 0.865. The molecule has 0 aliphatic rings. The molecule has 0 heterocycles. The molecule has 0 saturated carbocycles. The molecular formula is C13H17Br2NO. The lowest BCUT2D eigenvalue weighted by Gasteiger charge is -2.21. The Bertz CT molecular complexity index is 387. The number of aryl methyl sites for hydroxylation is 1. The van der Waals surface area contributed by atoms with Crippen molar-refractivity contribution in [3.63, 3.8) is 0 Å². The Hall–Kier alpha value is -0.350. The average Bonchev–Trinajstić information content (AvgIpc) is 2.31. The molecule has 1 aromatic rings. The molecule has 17 heavy (non-hydrogen) atoms. The summed E-state index contributed by atoms with van der Waals surface area (Å²) in [6.45, 7) is 5.62. The molecule has 0 aliphatic carbocycles. The van der Waals surface area contributed by atoms with Gasteiger partial charge in [-0.1, -0.05) is 34.5 Å². The molecule has 2 nitrogen and oxygen atoms in total. The number of alkyl halides is 1. The fourth-order valence-corrected chi connectivity index (χ4v) is 2.50. The summed E-state index contributed by atoms with van der Waals surface area (Å²) in [7, 11) is 0. The van der Waals surface area contributed by atoms with Crippen LogP contribution in [0.3, 0.4) is 0 Å². The lowest BCUT2D eigenvalue weighted by atomic mass is 10.1. The van der Waals surface area contributed by atoms with Crippen LogP contribution < -0.4 is 0 Å².